The molecule has 1 rings (SSSR count). The Kier molecular flexibility index (Phi) is 6.15. The average molecular weight is 336 g/mol. The third-order valence-corrected chi connectivity index (χ3v) is 4.47. The van der Waals surface area contributed by atoms with Crippen molar-refractivity contribution in [2.45, 2.75) is 31.3 Å². The minimum atomic E-state index is -3.84. The van der Waals surface area contributed by atoms with Gasteiger partial charge in [0.15, 0.2) is 0 Å². The lowest BCUT2D eigenvalue weighted by Gasteiger charge is -2.14. The second-order valence-electron chi connectivity index (χ2n) is 5.08. The van der Waals surface area contributed by atoms with Gasteiger partial charge in [-0.15, -0.1) is 0 Å². The van der Waals surface area contributed by atoms with Crippen molar-refractivity contribution < 1.29 is 23.4 Å². The van der Waals surface area contributed by atoms with Crippen molar-refractivity contribution in [3.05, 3.63) is 28.8 Å². The van der Waals surface area contributed by atoms with Gasteiger partial charge in [-0.1, -0.05) is 25.4 Å². The van der Waals surface area contributed by atoms with E-state index in [2.05, 4.69) is 4.72 Å². The summed E-state index contributed by atoms with van der Waals surface area (Å²) in [6, 6.07) is 3.36. The van der Waals surface area contributed by atoms with Crippen LogP contribution in [0.2, 0.25) is 5.02 Å². The minimum absolute atomic E-state index is 0.112. The van der Waals surface area contributed by atoms with Crippen LogP contribution >= 0.6 is 11.6 Å². The number of benzene rings is 1. The first kappa shape index (κ1) is 17.9. The van der Waals surface area contributed by atoms with Crippen molar-refractivity contribution in [1.82, 2.24) is 4.72 Å². The van der Waals surface area contributed by atoms with E-state index in [1.54, 1.807) is 0 Å². The Hall–Kier alpha value is -1.15. The Morgan fingerprint density at radius 3 is 2.48 bits per heavy atom. The van der Waals surface area contributed by atoms with Crippen LogP contribution in [0.1, 0.15) is 30.6 Å². The van der Waals surface area contributed by atoms with E-state index in [1.165, 1.54) is 0 Å². The van der Waals surface area contributed by atoms with Crippen LogP contribution in [-0.2, 0) is 10.0 Å². The van der Waals surface area contributed by atoms with Gasteiger partial charge in [0, 0.05) is 6.54 Å². The molecule has 0 aliphatic carbocycles. The summed E-state index contributed by atoms with van der Waals surface area (Å²) in [4.78, 5) is 10.7. The fourth-order valence-electron chi connectivity index (χ4n) is 1.75. The quantitative estimate of drug-likeness (QED) is 0.704. The second kappa shape index (κ2) is 7.22. The van der Waals surface area contributed by atoms with Crippen molar-refractivity contribution in [2.24, 2.45) is 5.92 Å². The van der Waals surface area contributed by atoms with E-state index in [9.17, 15) is 18.3 Å². The highest BCUT2D eigenvalue weighted by Gasteiger charge is 2.19. The fraction of sp³-hybridized carbons (Fsp3) is 0.462. The van der Waals surface area contributed by atoms with Crippen molar-refractivity contribution in [3.8, 4) is 0 Å². The molecule has 1 aromatic rings. The van der Waals surface area contributed by atoms with Gasteiger partial charge in [-0.05, 0) is 30.5 Å². The summed E-state index contributed by atoms with van der Waals surface area (Å²) in [7, 11) is -3.84. The SMILES string of the molecule is CC(C)CC(O)CNS(=O)(=O)c1ccc(C(=O)O)c(Cl)c1. The maximum atomic E-state index is 12.0. The van der Waals surface area contributed by atoms with Gasteiger partial charge in [0.1, 0.15) is 0 Å². The van der Waals surface area contributed by atoms with Crippen LogP contribution in [0.5, 0.6) is 0 Å². The largest absolute Gasteiger partial charge is 0.478 e. The number of hydrogen-bond acceptors (Lipinski definition) is 4. The van der Waals surface area contributed by atoms with Crippen molar-refractivity contribution in [3.63, 3.8) is 0 Å². The minimum Gasteiger partial charge on any atom is -0.478 e. The van der Waals surface area contributed by atoms with Crippen LogP contribution in [0.3, 0.4) is 0 Å². The molecule has 6 nitrogen and oxygen atoms in total. The molecule has 0 fully saturated rings. The first-order valence-corrected chi connectivity index (χ1v) is 8.20. The number of aliphatic hydroxyl groups is 1. The summed E-state index contributed by atoms with van der Waals surface area (Å²) in [5.41, 5.74) is -0.171. The molecule has 0 spiro atoms. The number of halogens is 1. The van der Waals surface area contributed by atoms with E-state index in [1.807, 2.05) is 13.8 Å². The van der Waals surface area contributed by atoms with Crippen LogP contribution in [-0.4, -0.2) is 37.2 Å². The number of carbonyl (C=O) groups is 1. The lowest BCUT2D eigenvalue weighted by Crippen LogP contribution is -2.32. The highest BCUT2D eigenvalue weighted by molar-refractivity contribution is 7.89. The van der Waals surface area contributed by atoms with Crippen LogP contribution in [0.25, 0.3) is 0 Å². The van der Waals surface area contributed by atoms with Crippen LogP contribution < -0.4 is 4.72 Å². The molecule has 1 atom stereocenters. The Morgan fingerprint density at radius 1 is 1.38 bits per heavy atom. The average Bonchev–Trinajstić information content (AvgIpc) is 2.35. The molecule has 8 heteroatoms. The maximum absolute atomic E-state index is 12.0. The van der Waals surface area contributed by atoms with Crippen molar-refractivity contribution in [2.75, 3.05) is 6.54 Å². The van der Waals surface area contributed by atoms with Gasteiger partial charge < -0.3 is 10.2 Å². The lowest BCUT2D eigenvalue weighted by molar-refractivity contribution is 0.0697. The molecule has 3 N–H and O–H groups in total. The predicted octanol–water partition coefficient (Wildman–Crippen LogP) is 1.72. The third-order valence-electron chi connectivity index (χ3n) is 2.73. The Bertz CT molecular complexity index is 615. The Balaban J connectivity index is 2.84. The van der Waals surface area contributed by atoms with E-state index < -0.39 is 22.1 Å². The summed E-state index contributed by atoms with van der Waals surface area (Å²) in [6.07, 6.45) is -0.310. The predicted molar refractivity (Wildman–Crippen MR) is 79.1 cm³/mol. The summed E-state index contributed by atoms with van der Waals surface area (Å²) >= 11 is 5.74. The molecule has 0 aliphatic heterocycles. The second-order valence-corrected chi connectivity index (χ2v) is 7.26. The number of rotatable bonds is 7. The topological polar surface area (TPSA) is 104 Å². The molecule has 0 saturated heterocycles. The molecule has 0 aliphatic rings. The molecule has 21 heavy (non-hydrogen) atoms. The van der Waals surface area contributed by atoms with Gasteiger partial charge in [0.05, 0.1) is 21.6 Å². The number of sulfonamides is 1. The molecule has 0 bridgehead atoms. The molecule has 1 aromatic carbocycles. The number of aliphatic hydroxyl groups excluding tert-OH is 1. The Labute approximate surface area is 128 Å². The van der Waals surface area contributed by atoms with Gasteiger partial charge in [0.2, 0.25) is 10.0 Å². The molecule has 0 heterocycles. The van der Waals surface area contributed by atoms with E-state index in [0.717, 1.165) is 18.2 Å². The van der Waals surface area contributed by atoms with Gasteiger partial charge >= 0.3 is 5.97 Å². The lowest BCUT2D eigenvalue weighted by atomic mass is 10.1. The van der Waals surface area contributed by atoms with E-state index >= 15 is 0 Å². The molecule has 0 aromatic heterocycles. The zero-order valence-electron chi connectivity index (χ0n) is 11.7. The molecule has 1 unspecified atom stereocenters. The van der Waals surface area contributed by atoms with Crippen molar-refractivity contribution >= 4 is 27.6 Å². The number of hydrogen-bond donors (Lipinski definition) is 3. The first-order chi connectivity index (χ1) is 9.63. The van der Waals surface area contributed by atoms with Gasteiger partial charge in [0.25, 0.3) is 0 Å². The number of carboxylic acids is 1. The van der Waals surface area contributed by atoms with Gasteiger partial charge in [-0.3, -0.25) is 0 Å². The molecule has 0 amide bonds. The van der Waals surface area contributed by atoms with Crippen LogP contribution in [0, 0.1) is 5.92 Å². The monoisotopic (exact) mass is 335 g/mol. The number of nitrogens with one attached hydrogen (secondary N) is 1. The normalized spacial score (nSPS) is 13.4. The van der Waals surface area contributed by atoms with Gasteiger partial charge in [-0.2, -0.15) is 0 Å². The third kappa shape index (κ3) is 5.28. The van der Waals surface area contributed by atoms with Crippen LogP contribution in [0.4, 0.5) is 0 Å². The van der Waals surface area contributed by atoms with Crippen molar-refractivity contribution in [1.29, 1.82) is 0 Å². The fourth-order valence-corrected chi connectivity index (χ4v) is 3.18. The van der Waals surface area contributed by atoms with E-state index in [4.69, 9.17) is 16.7 Å². The van der Waals surface area contributed by atoms with E-state index in [-0.39, 0.29) is 27.9 Å². The smallest absolute Gasteiger partial charge is 0.337 e. The molecule has 0 radical (unpaired) electrons. The molecule has 0 saturated carbocycles. The zero-order valence-corrected chi connectivity index (χ0v) is 13.3. The number of aromatic carboxylic acids is 1. The summed E-state index contributed by atoms with van der Waals surface area (Å²) in [5.74, 6) is -0.988. The number of carboxylic acid groups (broad SMARTS) is 1. The summed E-state index contributed by atoms with van der Waals surface area (Å²) in [5, 5.41) is 18.3. The first-order valence-electron chi connectivity index (χ1n) is 6.34. The zero-order chi connectivity index (χ0) is 16.2. The standard InChI is InChI=1S/C13H18ClNO5S/c1-8(2)5-9(16)7-15-21(19,20)10-3-4-11(13(17)18)12(14)6-10/h3-4,6,8-9,15-16H,5,7H2,1-2H3,(H,17,18). The maximum Gasteiger partial charge on any atom is 0.337 e. The highest BCUT2D eigenvalue weighted by atomic mass is 35.5. The Morgan fingerprint density at radius 2 is 2.00 bits per heavy atom. The van der Waals surface area contributed by atoms with Gasteiger partial charge in [-0.25, -0.2) is 17.9 Å². The summed E-state index contributed by atoms with van der Waals surface area (Å²) in [6.45, 7) is 3.73. The van der Waals surface area contributed by atoms with E-state index in [0.29, 0.717) is 6.42 Å². The van der Waals surface area contributed by atoms with Crippen LogP contribution in [0.15, 0.2) is 23.1 Å². The molecular weight excluding hydrogens is 318 g/mol. The molecular formula is C13H18ClNO5S. The molecule has 118 valence electrons. The summed E-state index contributed by atoms with van der Waals surface area (Å²) < 4.78 is 26.3. The highest BCUT2D eigenvalue weighted by Crippen LogP contribution is 2.21.